The summed E-state index contributed by atoms with van der Waals surface area (Å²) in [5, 5.41) is 22.3. The maximum atomic E-state index is 12.0. The zero-order valence-electron chi connectivity index (χ0n) is 13.0. The van der Waals surface area contributed by atoms with Crippen molar-refractivity contribution < 1.29 is 19.8 Å². The average molecular weight is 328 g/mol. The second-order valence-corrected chi connectivity index (χ2v) is 6.53. The molecular formula is C16H22ClNO4. The van der Waals surface area contributed by atoms with E-state index in [4.69, 9.17) is 16.7 Å². The number of halogens is 1. The number of rotatable bonds is 7. The first-order valence-corrected chi connectivity index (χ1v) is 7.46. The molecule has 22 heavy (non-hydrogen) atoms. The van der Waals surface area contributed by atoms with E-state index in [-0.39, 0.29) is 24.8 Å². The van der Waals surface area contributed by atoms with Gasteiger partial charge in [0.1, 0.15) is 0 Å². The van der Waals surface area contributed by atoms with Crippen LogP contribution in [0.25, 0.3) is 0 Å². The quantitative estimate of drug-likeness (QED) is 0.718. The Labute approximate surface area is 135 Å². The summed E-state index contributed by atoms with van der Waals surface area (Å²) in [6.07, 6.45) is -0.150. The summed E-state index contributed by atoms with van der Waals surface area (Å²) in [4.78, 5) is 23.2. The van der Waals surface area contributed by atoms with Crippen LogP contribution in [0, 0.1) is 5.92 Å². The van der Waals surface area contributed by atoms with Crippen LogP contribution in [0.2, 0.25) is 5.02 Å². The molecule has 1 amide bonds. The lowest BCUT2D eigenvalue weighted by Crippen LogP contribution is -2.34. The second-order valence-electron chi connectivity index (χ2n) is 6.10. The van der Waals surface area contributed by atoms with Gasteiger partial charge < -0.3 is 15.5 Å². The minimum atomic E-state index is -1.13. The molecule has 122 valence electrons. The fourth-order valence-corrected chi connectivity index (χ4v) is 2.33. The number of aliphatic hydroxyl groups is 1. The van der Waals surface area contributed by atoms with E-state index in [1.807, 2.05) is 6.92 Å². The lowest BCUT2D eigenvalue weighted by Gasteiger charge is -2.22. The molecule has 0 fully saturated rings. The number of carboxylic acids is 1. The van der Waals surface area contributed by atoms with Crippen LogP contribution < -0.4 is 5.32 Å². The molecule has 6 heteroatoms. The van der Waals surface area contributed by atoms with Gasteiger partial charge in [0.25, 0.3) is 0 Å². The third-order valence-electron chi connectivity index (χ3n) is 3.27. The maximum Gasteiger partial charge on any atom is 0.307 e. The fraction of sp³-hybridized carbons (Fsp3) is 0.500. The molecule has 0 aliphatic carbocycles. The summed E-state index contributed by atoms with van der Waals surface area (Å²) in [6.45, 7) is 4.86. The van der Waals surface area contributed by atoms with Gasteiger partial charge in [-0.2, -0.15) is 0 Å². The van der Waals surface area contributed by atoms with E-state index in [0.717, 1.165) is 5.56 Å². The van der Waals surface area contributed by atoms with Crippen LogP contribution in [0.5, 0.6) is 0 Å². The molecule has 2 atom stereocenters. The van der Waals surface area contributed by atoms with Crippen molar-refractivity contribution in [2.45, 2.75) is 45.3 Å². The van der Waals surface area contributed by atoms with Gasteiger partial charge in [0, 0.05) is 11.4 Å². The van der Waals surface area contributed by atoms with Crippen LogP contribution in [-0.4, -0.2) is 27.7 Å². The van der Waals surface area contributed by atoms with Crippen molar-refractivity contribution in [1.29, 1.82) is 0 Å². The molecule has 5 nitrogen and oxygen atoms in total. The minimum Gasteiger partial charge on any atom is -0.481 e. The highest BCUT2D eigenvalue weighted by Crippen LogP contribution is 2.21. The molecule has 1 aromatic rings. The summed E-state index contributed by atoms with van der Waals surface area (Å²) < 4.78 is 0. The van der Waals surface area contributed by atoms with E-state index < -0.39 is 17.5 Å². The Bertz CT molecular complexity index is 522. The Hall–Kier alpha value is -1.59. The molecule has 0 saturated carbocycles. The molecule has 0 radical (unpaired) electrons. The van der Waals surface area contributed by atoms with Crippen LogP contribution in [0.15, 0.2) is 24.3 Å². The lowest BCUT2D eigenvalue weighted by molar-refractivity contribution is -0.146. The van der Waals surface area contributed by atoms with Crippen LogP contribution in [0.1, 0.15) is 45.2 Å². The van der Waals surface area contributed by atoms with Crippen LogP contribution in [-0.2, 0) is 9.59 Å². The summed E-state index contributed by atoms with van der Waals surface area (Å²) in [7, 11) is 0. The molecule has 0 aliphatic heterocycles. The van der Waals surface area contributed by atoms with E-state index in [0.29, 0.717) is 5.02 Å². The topological polar surface area (TPSA) is 86.6 Å². The average Bonchev–Trinajstić information content (AvgIpc) is 2.36. The van der Waals surface area contributed by atoms with Gasteiger partial charge in [-0.05, 0) is 44.9 Å². The standard InChI is InChI=1S/C16H22ClNO4/c1-10(11-4-6-13(17)7-5-11)18-14(19)8-12(15(20)21)9-16(2,3)22/h4-7,10,12,22H,8-9H2,1-3H3,(H,18,19)(H,20,21). The van der Waals surface area contributed by atoms with Gasteiger partial charge in [-0.15, -0.1) is 0 Å². The molecule has 0 spiro atoms. The minimum absolute atomic E-state index is 0.0189. The zero-order chi connectivity index (χ0) is 16.9. The predicted molar refractivity (Wildman–Crippen MR) is 84.7 cm³/mol. The molecule has 1 rings (SSSR count). The number of aliphatic carboxylic acids is 1. The van der Waals surface area contributed by atoms with Gasteiger partial charge in [-0.25, -0.2) is 0 Å². The lowest BCUT2D eigenvalue weighted by atomic mass is 9.91. The number of amides is 1. The molecule has 1 aromatic carbocycles. The summed E-state index contributed by atoms with van der Waals surface area (Å²) >= 11 is 5.81. The number of benzene rings is 1. The SMILES string of the molecule is CC(NC(=O)CC(CC(C)(C)O)C(=O)O)c1ccc(Cl)cc1. The van der Waals surface area contributed by atoms with Gasteiger partial charge in [0.05, 0.1) is 17.6 Å². The first-order valence-electron chi connectivity index (χ1n) is 7.08. The first-order chi connectivity index (χ1) is 10.1. The van der Waals surface area contributed by atoms with E-state index in [1.165, 1.54) is 13.8 Å². The van der Waals surface area contributed by atoms with Crippen molar-refractivity contribution in [1.82, 2.24) is 5.32 Å². The predicted octanol–water partition coefficient (Wildman–Crippen LogP) is 2.77. The molecule has 2 unspecified atom stereocenters. The van der Waals surface area contributed by atoms with Gasteiger partial charge in [-0.1, -0.05) is 23.7 Å². The smallest absolute Gasteiger partial charge is 0.307 e. The summed E-state index contributed by atoms with van der Waals surface area (Å²) in [5.41, 5.74) is -0.252. The van der Waals surface area contributed by atoms with Crippen molar-refractivity contribution in [3.8, 4) is 0 Å². The number of hydrogen-bond acceptors (Lipinski definition) is 3. The largest absolute Gasteiger partial charge is 0.481 e. The highest BCUT2D eigenvalue weighted by molar-refractivity contribution is 6.30. The summed E-state index contributed by atoms with van der Waals surface area (Å²) in [6, 6.07) is 6.82. The van der Waals surface area contributed by atoms with Crippen molar-refractivity contribution in [3.05, 3.63) is 34.9 Å². The maximum absolute atomic E-state index is 12.0. The number of carbonyl (C=O) groups is 2. The van der Waals surface area contributed by atoms with Crippen molar-refractivity contribution in [3.63, 3.8) is 0 Å². The zero-order valence-corrected chi connectivity index (χ0v) is 13.7. The third-order valence-corrected chi connectivity index (χ3v) is 3.53. The van der Waals surface area contributed by atoms with Gasteiger partial charge >= 0.3 is 5.97 Å². The molecule has 0 saturated heterocycles. The number of carboxylic acid groups (broad SMARTS) is 1. The fourth-order valence-electron chi connectivity index (χ4n) is 2.21. The Morgan fingerprint density at radius 3 is 2.27 bits per heavy atom. The Morgan fingerprint density at radius 2 is 1.82 bits per heavy atom. The first kappa shape index (κ1) is 18.5. The van der Waals surface area contributed by atoms with E-state index >= 15 is 0 Å². The number of hydrogen-bond donors (Lipinski definition) is 3. The van der Waals surface area contributed by atoms with Crippen LogP contribution in [0.3, 0.4) is 0 Å². The highest BCUT2D eigenvalue weighted by atomic mass is 35.5. The second kappa shape index (κ2) is 7.61. The summed E-state index contributed by atoms with van der Waals surface area (Å²) in [5.74, 6) is -2.37. The van der Waals surface area contributed by atoms with Gasteiger partial charge in [0.15, 0.2) is 0 Å². The van der Waals surface area contributed by atoms with Crippen LogP contribution in [0.4, 0.5) is 0 Å². The molecule has 0 bridgehead atoms. The van der Waals surface area contributed by atoms with Crippen molar-refractivity contribution in [2.75, 3.05) is 0 Å². The number of nitrogens with one attached hydrogen (secondary N) is 1. The highest BCUT2D eigenvalue weighted by Gasteiger charge is 2.28. The third kappa shape index (κ3) is 6.45. The van der Waals surface area contributed by atoms with Crippen molar-refractivity contribution in [2.24, 2.45) is 5.92 Å². The molecule has 0 aromatic heterocycles. The van der Waals surface area contributed by atoms with Crippen LogP contribution >= 0.6 is 11.6 Å². The molecule has 0 heterocycles. The van der Waals surface area contributed by atoms with Gasteiger partial charge in [-0.3, -0.25) is 9.59 Å². The van der Waals surface area contributed by atoms with E-state index in [1.54, 1.807) is 24.3 Å². The Kier molecular flexibility index (Phi) is 6.38. The Balaban J connectivity index is 2.63. The van der Waals surface area contributed by atoms with Gasteiger partial charge in [0.2, 0.25) is 5.91 Å². The van der Waals surface area contributed by atoms with E-state index in [2.05, 4.69) is 5.32 Å². The number of carbonyl (C=O) groups excluding carboxylic acids is 1. The monoisotopic (exact) mass is 327 g/mol. The van der Waals surface area contributed by atoms with E-state index in [9.17, 15) is 14.7 Å². The molecular weight excluding hydrogens is 306 g/mol. The normalized spacial score (nSPS) is 14.2. The molecule has 0 aliphatic rings. The molecule has 3 N–H and O–H groups in total. The van der Waals surface area contributed by atoms with Crippen molar-refractivity contribution >= 4 is 23.5 Å². The Morgan fingerprint density at radius 1 is 1.27 bits per heavy atom.